The standard InChI is InChI=1S/C14H19NO4/c1-9-6-10(2)11(12(7-9)18-4)8-15(3)13(16)14(17)19-5/h6-7H,8H2,1-5H3. The molecule has 1 amide bonds. The maximum Gasteiger partial charge on any atom is 0.396 e. The first-order valence-corrected chi connectivity index (χ1v) is 5.88. The number of esters is 1. The first-order chi connectivity index (χ1) is 8.90. The number of ether oxygens (including phenoxy) is 2. The second-order valence-corrected chi connectivity index (χ2v) is 4.42. The van der Waals surface area contributed by atoms with Crippen LogP contribution < -0.4 is 4.74 Å². The summed E-state index contributed by atoms with van der Waals surface area (Å²) < 4.78 is 9.74. The molecule has 1 aromatic rings. The van der Waals surface area contributed by atoms with Gasteiger partial charge in [-0.3, -0.25) is 4.79 Å². The van der Waals surface area contributed by atoms with Crippen molar-refractivity contribution in [1.82, 2.24) is 4.90 Å². The molecule has 0 aliphatic rings. The molecule has 0 aromatic heterocycles. The third kappa shape index (κ3) is 3.47. The van der Waals surface area contributed by atoms with Crippen LogP contribution in [0.2, 0.25) is 0 Å². The predicted octanol–water partition coefficient (Wildman–Crippen LogP) is 1.44. The van der Waals surface area contributed by atoms with Crippen molar-refractivity contribution in [2.24, 2.45) is 0 Å². The molecule has 0 saturated carbocycles. The second-order valence-electron chi connectivity index (χ2n) is 4.42. The van der Waals surface area contributed by atoms with Crippen LogP contribution in [0.25, 0.3) is 0 Å². The van der Waals surface area contributed by atoms with E-state index in [4.69, 9.17) is 4.74 Å². The predicted molar refractivity (Wildman–Crippen MR) is 71.0 cm³/mol. The topological polar surface area (TPSA) is 55.8 Å². The van der Waals surface area contributed by atoms with Gasteiger partial charge in [0.1, 0.15) is 5.75 Å². The van der Waals surface area contributed by atoms with E-state index < -0.39 is 11.9 Å². The normalized spacial score (nSPS) is 9.95. The van der Waals surface area contributed by atoms with Crippen LogP contribution in [0.5, 0.6) is 5.75 Å². The van der Waals surface area contributed by atoms with Crippen LogP contribution >= 0.6 is 0 Å². The Morgan fingerprint density at radius 1 is 1.21 bits per heavy atom. The molecule has 0 N–H and O–H groups in total. The zero-order chi connectivity index (χ0) is 14.6. The average Bonchev–Trinajstić information content (AvgIpc) is 2.39. The van der Waals surface area contributed by atoms with Gasteiger partial charge in [-0.15, -0.1) is 0 Å². The highest BCUT2D eigenvalue weighted by atomic mass is 16.5. The van der Waals surface area contributed by atoms with Crippen LogP contribution in [0.3, 0.4) is 0 Å². The summed E-state index contributed by atoms with van der Waals surface area (Å²) in [5, 5.41) is 0. The molecule has 0 atom stereocenters. The van der Waals surface area contributed by atoms with Gasteiger partial charge in [0, 0.05) is 19.2 Å². The Morgan fingerprint density at radius 3 is 2.37 bits per heavy atom. The van der Waals surface area contributed by atoms with Crippen LogP contribution in [0.4, 0.5) is 0 Å². The molecule has 1 aromatic carbocycles. The minimum Gasteiger partial charge on any atom is -0.496 e. The number of carbonyl (C=O) groups is 2. The summed E-state index contributed by atoms with van der Waals surface area (Å²) in [6, 6.07) is 3.91. The van der Waals surface area contributed by atoms with Gasteiger partial charge < -0.3 is 14.4 Å². The number of amides is 1. The highest BCUT2D eigenvalue weighted by Gasteiger charge is 2.21. The van der Waals surface area contributed by atoms with Crippen molar-refractivity contribution < 1.29 is 19.1 Å². The monoisotopic (exact) mass is 265 g/mol. The molecule has 0 radical (unpaired) electrons. The number of benzene rings is 1. The lowest BCUT2D eigenvalue weighted by Gasteiger charge is -2.19. The van der Waals surface area contributed by atoms with E-state index in [1.54, 1.807) is 14.2 Å². The molecular weight excluding hydrogens is 246 g/mol. The minimum atomic E-state index is -0.869. The van der Waals surface area contributed by atoms with E-state index in [0.717, 1.165) is 16.7 Å². The molecule has 0 fully saturated rings. The second kappa shape index (κ2) is 6.22. The van der Waals surface area contributed by atoms with Gasteiger partial charge in [-0.25, -0.2) is 4.79 Å². The van der Waals surface area contributed by atoms with Gasteiger partial charge in [-0.2, -0.15) is 0 Å². The number of hydrogen-bond donors (Lipinski definition) is 0. The van der Waals surface area contributed by atoms with E-state index in [0.29, 0.717) is 12.3 Å². The first kappa shape index (κ1) is 15.0. The summed E-state index contributed by atoms with van der Waals surface area (Å²) in [5.41, 5.74) is 2.98. The quantitative estimate of drug-likeness (QED) is 0.613. The fourth-order valence-electron chi connectivity index (χ4n) is 1.90. The minimum absolute atomic E-state index is 0.295. The van der Waals surface area contributed by atoms with Crippen molar-refractivity contribution >= 4 is 11.9 Å². The first-order valence-electron chi connectivity index (χ1n) is 5.88. The maximum atomic E-state index is 11.7. The van der Waals surface area contributed by atoms with Crippen LogP contribution in [-0.2, 0) is 20.9 Å². The third-order valence-corrected chi connectivity index (χ3v) is 2.90. The lowest BCUT2D eigenvalue weighted by atomic mass is 10.0. The van der Waals surface area contributed by atoms with Crippen molar-refractivity contribution in [3.8, 4) is 5.75 Å². The zero-order valence-electron chi connectivity index (χ0n) is 11.9. The van der Waals surface area contributed by atoms with Gasteiger partial charge in [0.2, 0.25) is 0 Å². The van der Waals surface area contributed by atoms with Gasteiger partial charge >= 0.3 is 11.9 Å². The van der Waals surface area contributed by atoms with Crippen LogP contribution in [-0.4, -0.2) is 38.0 Å². The lowest BCUT2D eigenvalue weighted by molar-refractivity contribution is -0.157. The Morgan fingerprint density at radius 2 is 1.84 bits per heavy atom. The smallest absolute Gasteiger partial charge is 0.396 e. The van der Waals surface area contributed by atoms with Gasteiger partial charge in [-0.1, -0.05) is 6.07 Å². The third-order valence-electron chi connectivity index (χ3n) is 2.90. The van der Waals surface area contributed by atoms with Crippen molar-refractivity contribution in [1.29, 1.82) is 0 Å². The average molecular weight is 265 g/mol. The van der Waals surface area contributed by atoms with E-state index in [1.165, 1.54) is 12.0 Å². The molecular formula is C14H19NO4. The number of hydrogen-bond acceptors (Lipinski definition) is 4. The van der Waals surface area contributed by atoms with E-state index in [-0.39, 0.29) is 0 Å². The van der Waals surface area contributed by atoms with Gasteiger partial charge in [-0.05, 0) is 31.0 Å². The molecule has 0 aliphatic heterocycles. The van der Waals surface area contributed by atoms with E-state index in [2.05, 4.69) is 4.74 Å². The summed E-state index contributed by atoms with van der Waals surface area (Å²) >= 11 is 0. The number of rotatable bonds is 3. The molecule has 0 saturated heterocycles. The Bertz CT molecular complexity index is 496. The molecule has 0 unspecified atom stereocenters. The molecule has 5 nitrogen and oxygen atoms in total. The number of aryl methyl sites for hydroxylation is 2. The number of methoxy groups -OCH3 is 2. The summed E-state index contributed by atoms with van der Waals surface area (Å²) in [6.07, 6.45) is 0. The fraction of sp³-hybridized carbons (Fsp3) is 0.429. The molecule has 104 valence electrons. The van der Waals surface area contributed by atoms with Crippen LogP contribution in [0.15, 0.2) is 12.1 Å². The Balaban J connectivity index is 2.99. The number of carbonyl (C=O) groups excluding carboxylic acids is 2. The van der Waals surface area contributed by atoms with E-state index >= 15 is 0 Å². The fourth-order valence-corrected chi connectivity index (χ4v) is 1.90. The molecule has 1 rings (SSSR count). The molecule has 0 aliphatic carbocycles. The Labute approximate surface area is 113 Å². The van der Waals surface area contributed by atoms with Gasteiger partial charge in [0.15, 0.2) is 0 Å². The van der Waals surface area contributed by atoms with Crippen molar-refractivity contribution in [2.75, 3.05) is 21.3 Å². The molecule has 5 heteroatoms. The van der Waals surface area contributed by atoms with Crippen LogP contribution in [0.1, 0.15) is 16.7 Å². The molecule has 0 spiro atoms. The van der Waals surface area contributed by atoms with Gasteiger partial charge in [0.05, 0.1) is 14.2 Å². The van der Waals surface area contributed by atoms with E-state index in [9.17, 15) is 9.59 Å². The van der Waals surface area contributed by atoms with Gasteiger partial charge in [0.25, 0.3) is 0 Å². The maximum absolute atomic E-state index is 11.7. The highest BCUT2D eigenvalue weighted by molar-refractivity contribution is 6.32. The Hall–Kier alpha value is -2.04. The SMILES string of the molecule is COC(=O)C(=O)N(C)Cc1c(C)cc(C)cc1OC. The van der Waals surface area contributed by atoms with E-state index in [1.807, 2.05) is 26.0 Å². The van der Waals surface area contributed by atoms with Crippen molar-refractivity contribution in [3.05, 3.63) is 28.8 Å². The summed E-state index contributed by atoms with van der Waals surface area (Å²) in [7, 11) is 4.32. The Kier molecular flexibility index (Phi) is 4.92. The largest absolute Gasteiger partial charge is 0.496 e. The molecule has 0 heterocycles. The zero-order valence-corrected chi connectivity index (χ0v) is 11.9. The summed E-state index contributed by atoms with van der Waals surface area (Å²) in [6.45, 7) is 4.22. The summed E-state index contributed by atoms with van der Waals surface area (Å²) in [5.74, 6) is -0.835. The lowest BCUT2D eigenvalue weighted by Crippen LogP contribution is -2.33. The van der Waals surface area contributed by atoms with Crippen molar-refractivity contribution in [3.63, 3.8) is 0 Å². The molecule has 0 bridgehead atoms. The van der Waals surface area contributed by atoms with Crippen LogP contribution in [0, 0.1) is 13.8 Å². The summed E-state index contributed by atoms with van der Waals surface area (Å²) in [4.78, 5) is 24.2. The number of likely N-dealkylation sites (N-methyl/N-ethyl adjacent to an activating group) is 1. The number of nitrogens with zero attached hydrogens (tertiary/aromatic N) is 1. The molecule has 19 heavy (non-hydrogen) atoms. The van der Waals surface area contributed by atoms with Crippen molar-refractivity contribution in [2.45, 2.75) is 20.4 Å². The highest BCUT2D eigenvalue weighted by Crippen LogP contribution is 2.25.